The van der Waals surface area contributed by atoms with Crippen molar-refractivity contribution in [2.24, 2.45) is 5.73 Å². The summed E-state index contributed by atoms with van der Waals surface area (Å²) in [7, 11) is 1.74. The third kappa shape index (κ3) is 3.28. The molecule has 1 atom stereocenters. The summed E-state index contributed by atoms with van der Waals surface area (Å²) in [5.74, 6) is -0.391. The second kappa shape index (κ2) is 6.21. The summed E-state index contributed by atoms with van der Waals surface area (Å²) < 4.78 is 18.9. The molecule has 1 unspecified atom stereocenters. The Hall–Kier alpha value is -0.640. The molecule has 1 aliphatic rings. The molecule has 1 aliphatic carbocycles. The molecule has 0 heterocycles. The van der Waals surface area contributed by atoms with E-state index in [9.17, 15) is 4.39 Å². The summed E-state index contributed by atoms with van der Waals surface area (Å²) in [6.07, 6.45) is 6.23. The van der Waals surface area contributed by atoms with Crippen molar-refractivity contribution < 1.29 is 9.13 Å². The van der Waals surface area contributed by atoms with E-state index in [0.717, 1.165) is 31.2 Å². The van der Waals surface area contributed by atoms with E-state index in [1.54, 1.807) is 19.2 Å². The van der Waals surface area contributed by atoms with Gasteiger partial charge in [0.1, 0.15) is 5.82 Å². The molecule has 0 radical (unpaired) electrons. The van der Waals surface area contributed by atoms with Crippen LogP contribution in [0.2, 0.25) is 5.02 Å². The summed E-state index contributed by atoms with van der Waals surface area (Å²) >= 11 is 5.80. The number of methoxy groups -OCH3 is 1. The number of ether oxygens (including phenoxy) is 1. The quantitative estimate of drug-likeness (QED) is 0.915. The summed E-state index contributed by atoms with van der Waals surface area (Å²) in [5, 5.41) is 0.153. The number of nitrogens with two attached hydrogens (primary N) is 1. The van der Waals surface area contributed by atoms with Gasteiger partial charge >= 0.3 is 0 Å². The van der Waals surface area contributed by atoms with Gasteiger partial charge in [-0.3, -0.25) is 0 Å². The van der Waals surface area contributed by atoms with Crippen molar-refractivity contribution in [3.05, 3.63) is 34.6 Å². The first-order valence-electron chi connectivity index (χ1n) is 6.82. The van der Waals surface area contributed by atoms with Gasteiger partial charge in [-0.25, -0.2) is 4.39 Å². The van der Waals surface area contributed by atoms with E-state index in [2.05, 4.69) is 0 Å². The van der Waals surface area contributed by atoms with E-state index >= 15 is 0 Å². The van der Waals surface area contributed by atoms with E-state index in [0.29, 0.717) is 6.42 Å². The van der Waals surface area contributed by atoms with E-state index in [4.69, 9.17) is 22.1 Å². The van der Waals surface area contributed by atoms with E-state index in [1.807, 2.05) is 0 Å². The minimum Gasteiger partial charge on any atom is -0.377 e. The van der Waals surface area contributed by atoms with Crippen LogP contribution in [0, 0.1) is 5.82 Å². The topological polar surface area (TPSA) is 35.2 Å². The first-order valence-corrected chi connectivity index (χ1v) is 7.20. The van der Waals surface area contributed by atoms with Crippen LogP contribution in [0.15, 0.2) is 18.2 Å². The number of hydrogen-bond acceptors (Lipinski definition) is 2. The second-order valence-corrected chi connectivity index (χ2v) is 5.80. The lowest BCUT2D eigenvalue weighted by atomic mass is 9.77. The van der Waals surface area contributed by atoms with Gasteiger partial charge < -0.3 is 10.5 Å². The Bertz CT molecular complexity index is 432. The van der Waals surface area contributed by atoms with Gasteiger partial charge in [0, 0.05) is 13.2 Å². The molecule has 1 aromatic carbocycles. The Morgan fingerprint density at radius 3 is 2.63 bits per heavy atom. The van der Waals surface area contributed by atoms with Crippen LogP contribution >= 0.6 is 11.6 Å². The highest BCUT2D eigenvalue weighted by Crippen LogP contribution is 2.34. The lowest BCUT2D eigenvalue weighted by Crippen LogP contribution is -2.51. The van der Waals surface area contributed by atoms with Crippen molar-refractivity contribution in [1.29, 1.82) is 0 Å². The van der Waals surface area contributed by atoms with Crippen LogP contribution < -0.4 is 5.73 Å². The monoisotopic (exact) mass is 285 g/mol. The average molecular weight is 286 g/mol. The van der Waals surface area contributed by atoms with Crippen molar-refractivity contribution >= 4 is 11.6 Å². The zero-order chi connectivity index (χ0) is 13.9. The van der Waals surface area contributed by atoms with Crippen molar-refractivity contribution in [3.63, 3.8) is 0 Å². The van der Waals surface area contributed by atoms with Crippen LogP contribution in [0.25, 0.3) is 0 Å². The molecule has 0 aliphatic heterocycles. The van der Waals surface area contributed by atoms with Gasteiger partial charge in [0.05, 0.1) is 10.6 Å². The molecule has 0 aromatic heterocycles. The number of hydrogen-bond donors (Lipinski definition) is 1. The highest BCUT2D eigenvalue weighted by atomic mass is 35.5. The summed E-state index contributed by atoms with van der Waals surface area (Å²) in [6.45, 7) is 0. The maximum atomic E-state index is 13.1. The number of halogens is 2. The van der Waals surface area contributed by atoms with Crippen molar-refractivity contribution in [3.8, 4) is 0 Å². The Balaban J connectivity index is 2.10. The highest BCUT2D eigenvalue weighted by molar-refractivity contribution is 6.30. The fraction of sp³-hybridized carbons (Fsp3) is 0.600. The van der Waals surface area contributed by atoms with E-state index in [1.165, 1.54) is 12.5 Å². The SMILES string of the molecule is COC1(C(N)Cc2ccc(F)c(Cl)c2)CCCCC1. The lowest BCUT2D eigenvalue weighted by molar-refractivity contribution is -0.0582. The van der Waals surface area contributed by atoms with Gasteiger partial charge in [0.25, 0.3) is 0 Å². The molecule has 0 amide bonds. The van der Waals surface area contributed by atoms with Crippen LogP contribution in [-0.4, -0.2) is 18.8 Å². The summed E-state index contributed by atoms with van der Waals surface area (Å²) in [5.41, 5.74) is 7.07. The van der Waals surface area contributed by atoms with E-state index < -0.39 is 5.82 Å². The Morgan fingerprint density at radius 2 is 2.05 bits per heavy atom. The van der Waals surface area contributed by atoms with Crippen LogP contribution in [0.4, 0.5) is 4.39 Å². The smallest absolute Gasteiger partial charge is 0.141 e. The third-order valence-electron chi connectivity index (χ3n) is 4.22. The molecular formula is C15H21ClFNO. The minimum atomic E-state index is -0.391. The molecular weight excluding hydrogens is 265 g/mol. The van der Waals surface area contributed by atoms with Gasteiger partial charge in [0.2, 0.25) is 0 Å². The number of benzene rings is 1. The fourth-order valence-corrected chi connectivity index (χ4v) is 3.19. The van der Waals surface area contributed by atoms with Gasteiger partial charge in [-0.05, 0) is 37.0 Å². The molecule has 0 saturated heterocycles. The first-order chi connectivity index (χ1) is 9.07. The molecule has 0 bridgehead atoms. The Kier molecular flexibility index (Phi) is 4.82. The summed E-state index contributed by atoms with van der Waals surface area (Å²) in [4.78, 5) is 0. The first kappa shape index (κ1) is 14.8. The molecule has 2 nitrogen and oxygen atoms in total. The minimum absolute atomic E-state index is 0.0840. The van der Waals surface area contributed by atoms with Crippen molar-refractivity contribution in [1.82, 2.24) is 0 Å². The maximum absolute atomic E-state index is 13.1. The lowest BCUT2D eigenvalue weighted by Gasteiger charge is -2.41. The predicted octanol–water partition coefficient (Wildman–Crippen LogP) is 3.70. The Morgan fingerprint density at radius 1 is 1.37 bits per heavy atom. The van der Waals surface area contributed by atoms with Crippen LogP contribution in [-0.2, 0) is 11.2 Å². The standard InChI is InChI=1S/C15H21ClFNO/c1-19-15(7-3-2-4-8-15)14(18)10-11-5-6-13(17)12(16)9-11/h5-6,9,14H,2-4,7-8,10,18H2,1H3. The van der Waals surface area contributed by atoms with Crippen molar-refractivity contribution in [2.45, 2.75) is 50.2 Å². The van der Waals surface area contributed by atoms with Gasteiger partial charge in [-0.15, -0.1) is 0 Å². The predicted molar refractivity (Wildman–Crippen MR) is 75.9 cm³/mol. The molecule has 4 heteroatoms. The molecule has 2 rings (SSSR count). The molecule has 106 valence electrons. The van der Waals surface area contributed by atoms with Gasteiger partial charge in [-0.2, -0.15) is 0 Å². The average Bonchev–Trinajstić information content (AvgIpc) is 2.43. The fourth-order valence-electron chi connectivity index (χ4n) is 2.98. The largest absolute Gasteiger partial charge is 0.377 e. The Labute approximate surface area is 119 Å². The maximum Gasteiger partial charge on any atom is 0.141 e. The zero-order valence-corrected chi connectivity index (χ0v) is 12.0. The molecule has 1 saturated carbocycles. The molecule has 0 spiro atoms. The van der Waals surface area contributed by atoms with Crippen LogP contribution in [0.3, 0.4) is 0 Å². The number of rotatable bonds is 4. The normalized spacial score (nSPS) is 20.2. The van der Waals surface area contributed by atoms with Crippen molar-refractivity contribution in [2.75, 3.05) is 7.11 Å². The third-order valence-corrected chi connectivity index (χ3v) is 4.51. The van der Waals surface area contributed by atoms with E-state index in [-0.39, 0.29) is 16.7 Å². The molecule has 1 aromatic rings. The van der Waals surface area contributed by atoms with Gasteiger partial charge in [-0.1, -0.05) is 36.9 Å². The highest BCUT2D eigenvalue weighted by Gasteiger charge is 2.37. The summed E-state index contributed by atoms with van der Waals surface area (Å²) in [6, 6.07) is 4.71. The second-order valence-electron chi connectivity index (χ2n) is 5.39. The molecule has 1 fully saturated rings. The molecule has 19 heavy (non-hydrogen) atoms. The van der Waals surface area contributed by atoms with Crippen LogP contribution in [0.1, 0.15) is 37.7 Å². The molecule has 2 N–H and O–H groups in total. The van der Waals surface area contributed by atoms with Gasteiger partial charge in [0.15, 0.2) is 0 Å². The van der Waals surface area contributed by atoms with Crippen LogP contribution in [0.5, 0.6) is 0 Å². The zero-order valence-electron chi connectivity index (χ0n) is 11.3.